The number of benzene rings is 1. The number of halogens is 3. The molecule has 0 amide bonds. The van der Waals surface area contributed by atoms with E-state index in [2.05, 4.69) is 26.7 Å². The third kappa shape index (κ3) is 5.90. The van der Waals surface area contributed by atoms with Crippen molar-refractivity contribution in [2.45, 2.75) is 39.0 Å². The first-order chi connectivity index (χ1) is 14.4. The number of nitrogens with one attached hydrogen (secondary N) is 1. The van der Waals surface area contributed by atoms with Crippen LogP contribution in [0, 0.1) is 5.92 Å². The number of ether oxygens (including phenoxy) is 1. The van der Waals surface area contributed by atoms with Crippen LogP contribution in [0.2, 0.25) is 0 Å². The molecule has 0 radical (unpaired) electrons. The van der Waals surface area contributed by atoms with E-state index >= 15 is 0 Å². The van der Waals surface area contributed by atoms with Crippen molar-refractivity contribution in [1.29, 1.82) is 0 Å². The molecule has 1 saturated heterocycles. The van der Waals surface area contributed by atoms with E-state index in [1.807, 2.05) is 19.4 Å². The van der Waals surface area contributed by atoms with Crippen LogP contribution in [0.15, 0.2) is 48.0 Å². The van der Waals surface area contributed by atoms with Crippen LogP contribution in [0.4, 0.5) is 13.2 Å². The first-order valence-electron chi connectivity index (χ1n) is 10.2. The van der Waals surface area contributed by atoms with Gasteiger partial charge in [0.2, 0.25) is 0 Å². The number of nitrogens with zero attached hydrogens (tertiary/aromatic N) is 4. The molecule has 1 N–H and O–H groups in total. The summed E-state index contributed by atoms with van der Waals surface area (Å²) in [6.45, 7) is 5.51. The minimum absolute atomic E-state index is 0.206. The van der Waals surface area contributed by atoms with Crippen molar-refractivity contribution in [1.82, 2.24) is 19.8 Å². The predicted molar refractivity (Wildman–Crippen MR) is 109 cm³/mol. The molecule has 6 nitrogen and oxygen atoms in total. The van der Waals surface area contributed by atoms with Gasteiger partial charge in [-0.3, -0.25) is 0 Å². The molecule has 30 heavy (non-hydrogen) atoms. The Bertz CT molecular complexity index is 822. The minimum Gasteiger partial charge on any atom is -0.484 e. The maximum atomic E-state index is 12.5. The highest BCUT2D eigenvalue weighted by molar-refractivity contribution is 5.80. The summed E-state index contributed by atoms with van der Waals surface area (Å²) in [5.41, 5.74) is 0.619. The van der Waals surface area contributed by atoms with Gasteiger partial charge in [-0.15, -0.1) is 0 Å². The lowest BCUT2D eigenvalue weighted by molar-refractivity contribution is -0.153. The van der Waals surface area contributed by atoms with Crippen molar-refractivity contribution in [3.05, 3.63) is 48.5 Å². The fourth-order valence-electron chi connectivity index (χ4n) is 3.62. The van der Waals surface area contributed by atoms with E-state index in [0.717, 1.165) is 25.5 Å². The molecule has 1 aliphatic heterocycles. The van der Waals surface area contributed by atoms with Crippen LogP contribution in [0.25, 0.3) is 0 Å². The van der Waals surface area contributed by atoms with Crippen LogP contribution in [0.1, 0.15) is 31.9 Å². The first-order valence-corrected chi connectivity index (χ1v) is 10.2. The molecule has 1 aromatic carbocycles. The van der Waals surface area contributed by atoms with Gasteiger partial charge in [0.15, 0.2) is 12.6 Å². The molecule has 2 aromatic rings. The summed E-state index contributed by atoms with van der Waals surface area (Å²) >= 11 is 0. The Morgan fingerprint density at radius 1 is 1.33 bits per heavy atom. The SMILES string of the molecule is CCNC(=NCc1ccccc1OCC(F)(F)F)N1CCC(C)C(n2ccnc2)C1. The van der Waals surface area contributed by atoms with Crippen molar-refractivity contribution >= 4 is 5.96 Å². The molecule has 1 aromatic heterocycles. The molecule has 1 aliphatic rings. The summed E-state index contributed by atoms with van der Waals surface area (Å²) in [6, 6.07) is 7.00. The number of alkyl halides is 3. The monoisotopic (exact) mass is 423 g/mol. The average Bonchev–Trinajstić information content (AvgIpc) is 3.25. The fraction of sp³-hybridized carbons (Fsp3) is 0.524. The predicted octanol–water partition coefficient (Wildman–Crippen LogP) is 3.87. The second-order valence-electron chi connectivity index (χ2n) is 7.47. The summed E-state index contributed by atoms with van der Waals surface area (Å²) in [6.07, 6.45) is 2.23. The lowest BCUT2D eigenvalue weighted by Gasteiger charge is -2.39. The van der Waals surface area contributed by atoms with Crippen molar-refractivity contribution in [2.75, 3.05) is 26.2 Å². The van der Waals surface area contributed by atoms with E-state index in [1.165, 1.54) is 0 Å². The van der Waals surface area contributed by atoms with Gasteiger partial charge in [0.1, 0.15) is 5.75 Å². The zero-order chi connectivity index (χ0) is 21.6. The summed E-state index contributed by atoms with van der Waals surface area (Å²) in [5, 5.41) is 3.31. The third-order valence-electron chi connectivity index (χ3n) is 5.22. The molecule has 1 fully saturated rings. The molecule has 2 unspecified atom stereocenters. The van der Waals surface area contributed by atoms with Crippen LogP contribution in [0.5, 0.6) is 5.75 Å². The largest absolute Gasteiger partial charge is 0.484 e. The lowest BCUT2D eigenvalue weighted by Crippen LogP contribution is -2.49. The van der Waals surface area contributed by atoms with E-state index in [4.69, 9.17) is 9.73 Å². The number of imidazole rings is 1. The van der Waals surface area contributed by atoms with E-state index in [0.29, 0.717) is 18.0 Å². The van der Waals surface area contributed by atoms with Gasteiger partial charge in [-0.1, -0.05) is 25.1 Å². The summed E-state index contributed by atoms with van der Waals surface area (Å²) in [7, 11) is 0. The smallest absolute Gasteiger partial charge is 0.422 e. The van der Waals surface area contributed by atoms with E-state index in [9.17, 15) is 13.2 Å². The number of hydrogen-bond donors (Lipinski definition) is 1. The number of para-hydroxylation sites is 1. The summed E-state index contributed by atoms with van der Waals surface area (Å²) < 4.78 is 44.7. The molecular formula is C21H28F3N5O. The van der Waals surface area contributed by atoms with Crippen LogP contribution in [-0.4, -0.2) is 52.8 Å². The zero-order valence-electron chi connectivity index (χ0n) is 17.3. The Kier molecular flexibility index (Phi) is 7.23. The highest BCUT2D eigenvalue weighted by Gasteiger charge is 2.30. The number of piperidine rings is 1. The van der Waals surface area contributed by atoms with Gasteiger partial charge in [-0.05, 0) is 25.3 Å². The van der Waals surface area contributed by atoms with Gasteiger partial charge < -0.3 is 19.5 Å². The molecule has 0 saturated carbocycles. The average molecular weight is 423 g/mol. The van der Waals surface area contributed by atoms with Crippen LogP contribution in [-0.2, 0) is 6.54 Å². The second kappa shape index (κ2) is 9.86. The van der Waals surface area contributed by atoms with Crippen LogP contribution >= 0.6 is 0 Å². The van der Waals surface area contributed by atoms with Crippen LogP contribution in [0.3, 0.4) is 0 Å². The Morgan fingerprint density at radius 3 is 2.83 bits per heavy atom. The first kappa shape index (κ1) is 22.0. The third-order valence-corrected chi connectivity index (χ3v) is 5.22. The van der Waals surface area contributed by atoms with Gasteiger partial charge in [0.05, 0.1) is 18.9 Å². The number of hydrogen-bond acceptors (Lipinski definition) is 3. The zero-order valence-corrected chi connectivity index (χ0v) is 17.3. The molecule has 9 heteroatoms. The molecule has 164 valence electrons. The highest BCUT2D eigenvalue weighted by Crippen LogP contribution is 2.28. The van der Waals surface area contributed by atoms with Crippen molar-refractivity contribution in [2.24, 2.45) is 10.9 Å². The van der Waals surface area contributed by atoms with Gasteiger partial charge in [0, 0.05) is 37.6 Å². The standard InChI is InChI=1S/C21H28F3N5O/c1-3-26-20(28-10-8-16(2)18(13-28)29-11-9-25-15-29)27-12-17-6-4-5-7-19(17)30-14-21(22,23)24/h4-7,9,11,15-16,18H,3,8,10,12-14H2,1-2H3,(H,26,27). The molecule has 2 atom stereocenters. The number of guanidine groups is 1. The Morgan fingerprint density at radius 2 is 2.13 bits per heavy atom. The fourth-order valence-corrected chi connectivity index (χ4v) is 3.62. The maximum Gasteiger partial charge on any atom is 0.422 e. The number of likely N-dealkylation sites (tertiary alicyclic amines) is 1. The highest BCUT2D eigenvalue weighted by atomic mass is 19.4. The minimum atomic E-state index is -4.38. The molecule has 0 aliphatic carbocycles. The summed E-state index contributed by atoms with van der Waals surface area (Å²) in [5.74, 6) is 1.47. The van der Waals surface area contributed by atoms with E-state index in [-0.39, 0.29) is 18.3 Å². The number of rotatable bonds is 6. The van der Waals surface area contributed by atoms with Crippen molar-refractivity contribution < 1.29 is 17.9 Å². The molecular weight excluding hydrogens is 395 g/mol. The van der Waals surface area contributed by atoms with Gasteiger partial charge in [-0.25, -0.2) is 9.98 Å². The normalized spacial score (nSPS) is 20.3. The molecule has 2 heterocycles. The second-order valence-corrected chi connectivity index (χ2v) is 7.47. The van der Waals surface area contributed by atoms with Crippen LogP contribution < -0.4 is 10.1 Å². The van der Waals surface area contributed by atoms with E-state index < -0.39 is 12.8 Å². The Labute approximate surface area is 174 Å². The maximum absolute atomic E-state index is 12.5. The Hall–Kier alpha value is -2.71. The Balaban J connectivity index is 1.74. The molecule has 0 spiro atoms. The molecule has 3 rings (SSSR count). The number of aliphatic imine (C=N–C) groups is 1. The van der Waals surface area contributed by atoms with Gasteiger partial charge in [-0.2, -0.15) is 13.2 Å². The van der Waals surface area contributed by atoms with Gasteiger partial charge in [0.25, 0.3) is 0 Å². The lowest BCUT2D eigenvalue weighted by atomic mass is 9.93. The van der Waals surface area contributed by atoms with Crippen molar-refractivity contribution in [3.8, 4) is 5.75 Å². The van der Waals surface area contributed by atoms with E-state index in [1.54, 1.807) is 30.5 Å². The van der Waals surface area contributed by atoms with Crippen molar-refractivity contribution in [3.63, 3.8) is 0 Å². The topological polar surface area (TPSA) is 54.7 Å². The number of aromatic nitrogens is 2. The summed E-state index contributed by atoms with van der Waals surface area (Å²) in [4.78, 5) is 11.1. The van der Waals surface area contributed by atoms with Gasteiger partial charge >= 0.3 is 6.18 Å². The quantitative estimate of drug-likeness (QED) is 0.566. The molecule has 0 bridgehead atoms.